The summed E-state index contributed by atoms with van der Waals surface area (Å²) in [5.74, 6) is -0.689. The molecule has 18 heavy (non-hydrogen) atoms. The molecule has 4 heteroatoms. The van der Waals surface area contributed by atoms with Gasteiger partial charge in [0, 0.05) is 0 Å². The number of esters is 1. The zero-order valence-corrected chi connectivity index (χ0v) is 11.4. The molecule has 0 N–H and O–H groups in total. The SMILES string of the molecule is Cc1cccc(C(=O)OC(=O)OC(C)(C)C)c1C. The number of aryl methyl sites for hydroxylation is 1. The highest BCUT2D eigenvalue weighted by molar-refractivity contribution is 5.96. The molecule has 0 spiro atoms. The molecule has 0 heterocycles. The fraction of sp³-hybridized carbons (Fsp3) is 0.429. The minimum absolute atomic E-state index is 0.376. The standard InChI is InChI=1S/C14H18O4/c1-9-7-6-8-11(10(9)2)12(15)17-13(16)18-14(3,4)5/h6-8H,1-5H3. The van der Waals surface area contributed by atoms with E-state index < -0.39 is 17.7 Å². The van der Waals surface area contributed by atoms with Gasteiger partial charge in [-0.05, 0) is 51.8 Å². The van der Waals surface area contributed by atoms with E-state index in [4.69, 9.17) is 4.74 Å². The van der Waals surface area contributed by atoms with E-state index in [1.807, 2.05) is 13.0 Å². The summed E-state index contributed by atoms with van der Waals surface area (Å²) in [6.07, 6.45) is -0.978. The number of carbonyl (C=O) groups is 2. The van der Waals surface area contributed by atoms with Crippen molar-refractivity contribution < 1.29 is 19.1 Å². The van der Waals surface area contributed by atoms with Crippen molar-refractivity contribution in [2.24, 2.45) is 0 Å². The summed E-state index contributed by atoms with van der Waals surface area (Å²) in [4.78, 5) is 23.2. The minimum atomic E-state index is -0.978. The van der Waals surface area contributed by atoms with Gasteiger partial charge in [-0.2, -0.15) is 0 Å². The Balaban J connectivity index is 2.78. The minimum Gasteiger partial charge on any atom is -0.428 e. The van der Waals surface area contributed by atoms with Crippen LogP contribution in [0.15, 0.2) is 18.2 Å². The van der Waals surface area contributed by atoms with Crippen molar-refractivity contribution in [3.63, 3.8) is 0 Å². The van der Waals surface area contributed by atoms with Gasteiger partial charge >= 0.3 is 12.1 Å². The lowest BCUT2D eigenvalue weighted by atomic mass is 10.0. The van der Waals surface area contributed by atoms with Crippen molar-refractivity contribution in [3.8, 4) is 0 Å². The van der Waals surface area contributed by atoms with Gasteiger partial charge in [0.2, 0.25) is 0 Å². The molecule has 0 amide bonds. The first-order chi connectivity index (χ1) is 8.20. The number of hydrogen-bond acceptors (Lipinski definition) is 4. The van der Waals surface area contributed by atoms with E-state index in [9.17, 15) is 9.59 Å². The first kappa shape index (κ1) is 14.2. The molecule has 4 nitrogen and oxygen atoms in total. The average Bonchev–Trinajstić information content (AvgIpc) is 2.18. The molecule has 1 aromatic carbocycles. The van der Waals surface area contributed by atoms with Crippen molar-refractivity contribution in [2.45, 2.75) is 40.2 Å². The normalized spacial score (nSPS) is 10.9. The van der Waals surface area contributed by atoms with Crippen LogP contribution in [-0.2, 0) is 9.47 Å². The second-order valence-electron chi connectivity index (χ2n) is 5.10. The molecule has 0 aromatic heterocycles. The van der Waals surface area contributed by atoms with E-state index in [-0.39, 0.29) is 0 Å². The molecule has 0 aliphatic rings. The summed E-state index contributed by atoms with van der Waals surface area (Å²) in [6, 6.07) is 5.25. The van der Waals surface area contributed by atoms with Gasteiger partial charge in [-0.15, -0.1) is 0 Å². The van der Waals surface area contributed by atoms with Crippen LogP contribution in [0.2, 0.25) is 0 Å². The Bertz CT molecular complexity index is 469. The summed E-state index contributed by atoms with van der Waals surface area (Å²) in [5, 5.41) is 0. The molecule has 1 rings (SSSR count). The fourth-order valence-corrected chi connectivity index (χ4v) is 1.37. The van der Waals surface area contributed by atoms with Gasteiger partial charge in [0.15, 0.2) is 0 Å². The van der Waals surface area contributed by atoms with E-state index in [1.165, 1.54) is 0 Å². The van der Waals surface area contributed by atoms with Gasteiger partial charge in [-0.3, -0.25) is 0 Å². The molecule has 0 fully saturated rings. The van der Waals surface area contributed by atoms with Crippen LogP contribution in [0.4, 0.5) is 4.79 Å². The van der Waals surface area contributed by atoms with Crippen LogP contribution in [0.5, 0.6) is 0 Å². The highest BCUT2D eigenvalue weighted by Crippen LogP contribution is 2.15. The van der Waals surface area contributed by atoms with Crippen LogP contribution in [0.1, 0.15) is 42.3 Å². The van der Waals surface area contributed by atoms with Crippen molar-refractivity contribution in [1.82, 2.24) is 0 Å². The highest BCUT2D eigenvalue weighted by atomic mass is 16.7. The van der Waals surface area contributed by atoms with Gasteiger partial charge in [0.1, 0.15) is 5.60 Å². The van der Waals surface area contributed by atoms with E-state index in [2.05, 4.69) is 4.74 Å². The molecule has 0 unspecified atom stereocenters. The third kappa shape index (κ3) is 3.87. The second-order valence-corrected chi connectivity index (χ2v) is 5.10. The monoisotopic (exact) mass is 250 g/mol. The van der Waals surface area contributed by atoms with Crippen LogP contribution < -0.4 is 0 Å². The van der Waals surface area contributed by atoms with Crippen LogP contribution in [-0.4, -0.2) is 17.7 Å². The lowest BCUT2D eigenvalue weighted by Crippen LogP contribution is -2.26. The second kappa shape index (κ2) is 5.21. The molecule has 0 saturated carbocycles. The largest absolute Gasteiger partial charge is 0.516 e. The first-order valence-corrected chi connectivity index (χ1v) is 5.72. The van der Waals surface area contributed by atoms with Crippen LogP contribution in [0.25, 0.3) is 0 Å². The molecule has 0 aliphatic carbocycles. The molecule has 98 valence electrons. The molecule has 0 bridgehead atoms. The van der Waals surface area contributed by atoms with E-state index in [1.54, 1.807) is 39.8 Å². The quantitative estimate of drug-likeness (QED) is 0.566. The van der Waals surface area contributed by atoms with Gasteiger partial charge < -0.3 is 9.47 Å². The Morgan fingerprint density at radius 2 is 1.72 bits per heavy atom. The van der Waals surface area contributed by atoms with Crippen LogP contribution >= 0.6 is 0 Å². The number of ether oxygens (including phenoxy) is 2. The Labute approximate surface area is 107 Å². The maximum atomic E-state index is 11.8. The van der Waals surface area contributed by atoms with Gasteiger partial charge in [-0.1, -0.05) is 12.1 Å². The Morgan fingerprint density at radius 3 is 2.28 bits per heavy atom. The summed E-state index contributed by atoms with van der Waals surface area (Å²) in [6.45, 7) is 8.81. The summed E-state index contributed by atoms with van der Waals surface area (Å²) >= 11 is 0. The fourth-order valence-electron chi connectivity index (χ4n) is 1.37. The van der Waals surface area contributed by atoms with Gasteiger partial charge in [0.25, 0.3) is 0 Å². The maximum Gasteiger partial charge on any atom is 0.516 e. The molecular weight excluding hydrogens is 232 g/mol. The number of hydrogen-bond donors (Lipinski definition) is 0. The average molecular weight is 250 g/mol. The molecule has 0 radical (unpaired) electrons. The third-order valence-corrected chi connectivity index (χ3v) is 2.39. The van der Waals surface area contributed by atoms with E-state index in [0.29, 0.717) is 5.56 Å². The smallest absolute Gasteiger partial charge is 0.428 e. The summed E-state index contributed by atoms with van der Waals surface area (Å²) < 4.78 is 9.57. The predicted octanol–water partition coefficient (Wildman–Crippen LogP) is 3.40. The Hall–Kier alpha value is -1.84. The highest BCUT2D eigenvalue weighted by Gasteiger charge is 2.22. The van der Waals surface area contributed by atoms with E-state index >= 15 is 0 Å². The van der Waals surface area contributed by atoms with Crippen molar-refractivity contribution in [1.29, 1.82) is 0 Å². The Morgan fingerprint density at radius 1 is 1.11 bits per heavy atom. The molecular formula is C14H18O4. The van der Waals surface area contributed by atoms with Crippen molar-refractivity contribution in [3.05, 3.63) is 34.9 Å². The van der Waals surface area contributed by atoms with E-state index in [0.717, 1.165) is 11.1 Å². The van der Waals surface area contributed by atoms with Gasteiger partial charge in [0.05, 0.1) is 5.56 Å². The van der Waals surface area contributed by atoms with Crippen LogP contribution in [0.3, 0.4) is 0 Å². The summed E-state index contributed by atoms with van der Waals surface area (Å²) in [7, 11) is 0. The van der Waals surface area contributed by atoms with Gasteiger partial charge in [-0.25, -0.2) is 9.59 Å². The molecule has 0 aliphatic heterocycles. The maximum absolute atomic E-state index is 11.8. The zero-order chi connectivity index (χ0) is 13.9. The van der Waals surface area contributed by atoms with Crippen molar-refractivity contribution in [2.75, 3.05) is 0 Å². The lowest BCUT2D eigenvalue weighted by Gasteiger charge is -2.18. The number of benzene rings is 1. The van der Waals surface area contributed by atoms with Crippen molar-refractivity contribution >= 4 is 12.1 Å². The molecule has 1 aromatic rings. The summed E-state index contributed by atoms with van der Waals surface area (Å²) in [5.41, 5.74) is 1.46. The molecule has 0 saturated heterocycles. The lowest BCUT2D eigenvalue weighted by molar-refractivity contribution is -0.00157. The zero-order valence-electron chi connectivity index (χ0n) is 11.4. The van der Waals surface area contributed by atoms with Crippen LogP contribution in [0, 0.1) is 13.8 Å². The number of rotatable bonds is 1. The Kier molecular flexibility index (Phi) is 4.11. The molecule has 0 atom stereocenters. The first-order valence-electron chi connectivity index (χ1n) is 5.72. The third-order valence-electron chi connectivity index (χ3n) is 2.39. The predicted molar refractivity (Wildman–Crippen MR) is 67.6 cm³/mol. The topological polar surface area (TPSA) is 52.6 Å². The number of carbonyl (C=O) groups excluding carboxylic acids is 2.